The molecule has 5 nitrogen and oxygen atoms in total. The van der Waals surface area contributed by atoms with Gasteiger partial charge >= 0.3 is 0 Å². The van der Waals surface area contributed by atoms with Gasteiger partial charge in [-0.3, -0.25) is 4.79 Å². The van der Waals surface area contributed by atoms with E-state index in [1.807, 2.05) is 60.7 Å². The van der Waals surface area contributed by atoms with Crippen LogP contribution in [0.5, 0.6) is 11.5 Å². The van der Waals surface area contributed by atoms with E-state index in [0.29, 0.717) is 38.8 Å². The van der Waals surface area contributed by atoms with Crippen LogP contribution in [-0.4, -0.2) is 15.9 Å². The van der Waals surface area contributed by atoms with Crippen LogP contribution < -0.4 is 10.1 Å². The fourth-order valence-electron chi connectivity index (χ4n) is 3.34. The summed E-state index contributed by atoms with van der Waals surface area (Å²) >= 11 is 13.6. The number of imidazole rings is 1. The fourth-order valence-corrected chi connectivity index (χ4v) is 4.54. The van der Waals surface area contributed by atoms with Gasteiger partial charge in [-0.2, -0.15) is 0 Å². The summed E-state index contributed by atoms with van der Waals surface area (Å²) in [5.41, 5.74) is 3.03. The third kappa shape index (κ3) is 4.88. The molecule has 5 aromatic rings. The molecule has 0 aliphatic carbocycles. The first-order valence-electron chi connectivity index (χ1n) is 10.1. The minimum atomic E-state index is -0.154. The minimum Gasteiger partial charge on any atom is -0.456 e. The Hall–Kier alpha value is -3.32. The topological polar surface area (TPSA) is 67.0 Å². The van der Waals surface area contributed by atoms with E-state index in [1.165, 1.54) is 11.3 Å². The highest BCUT2D eigenvalue weighted by Crippen LogP contribution is 2.30. The highest BCUT2D eigenvalue weighted by atomic mass is 35.5. The van der Waals surface area contributed by atoms with Crippen LogP contribution in [0.3, 0.4) is 0 Å². The molecule has 8 heteroatoms. The number of carbonyl (C=O) groups excluding carboxylic acids is 1. The lowest BCUT2D eigenvalue weighted by molar-refractivity contribution is 0.0951. The van der Waals surface area contributed by atoms with Gasteiger partial charge in [-0.05, 0) is 66.7 Å². The second kappa shape index (κ2) is 9.27. The van der Waals surface area contributed by atoms with Gasteiger partial charge in [0, 0.05) is 16.0 Å². The Balaban J connectivity index is 1.31. The highest BCUT2D eigenvalue weighted by molar-refractivity contribution is 7.16. The Morgan fingerprint density at radius 3 is 2.58 bits per heavy atom. The van der Waals surface area contributed by atoms with E-state index >= 15 is 0 Å². The normalized spacial score (nSPS) is 11.0. The van der Waals surface area contributed by atoms with Crippen LogP contribution in [0.15, 0.2) is 78.9 Å². The summed E-state index contributed by atoms with van der Waals surface area (Å²) in [5.74, 6) is 1.83. The lowest BCUT2D eigenvalue weighted by atomic mass is 10.2. The molecule has 0 atom stereocenters. The number of halogens is 2. The number of para-hydroxylation sites is 1. The molecule has 0 radical (unpaired) electrons. The number of benzene rings is 3. The minimum absolute atomic E-state index is 0.154. The SMILES string of the molecule is O=C(NCc1ccc(Cl)s1)c1ccc2nc(-c3ccc(Oc4ccccc4Cl)cc3)[nH]c2c1. The van der Waals surface area contributed by atoms with Crippen molar-refractivity contribution >= 4 is 51.5 Å². The molecule has 0 spiro atoms. The number of rotatable bonds is 6. The average molecular weight is 494 g/mol. The molecular weight excluding hydrogens is 477 g/mol. The molecule has 3 aromatic carbocycles. The van der Waals surface area contributed by atoms with E-state index in [-0.39, 0.29) is 5.91 Å². The third-order valence-corrected chi connectivity index (χ3v) is 6.53. The zero-order valence-electron chi connectivity index (χ0n) is 17.1. The van der Waals surface area contributed by atoms with Crippen LogP contribution >= 0.6 is 34.5 Å². The van der Waals surface area contributed by atoms with E-state index < -0.39 is 0 Å². The monoisotopic (exact) mass is 493 g/mol. The first-order valence-corrected chi connectivity index (χ1v) is 11.7. The summed E-state index contributed by atoms with van der Waals surface area (Å²) in [7, 11) is 0. The zero-order chi connectivity index (χ0) is 22.8. The predicted molar refractivity (Wildman–Crippen MR) is 134 cm³/mol. The summed E-state index contributed by atoms with van der Waals surface area (Å²) in [5, 5.41) is 3.47. The largest absolute Gasteiger partial charge is 0.456 e. The molecule has 33 heavy (non-hydrogen) atoms. The Kier molecular flexibility index (Phi) is 6.05. The number of nitrogens with one attached hydrogen (secondary N) is 2. The zero-order valence-corrected chi connectivity index (χ0v) is 19.5. The van der Waals surface area contributed by atoms with Crippen LogP contribution in [0.1, 0.15) is 15.2 Å². The van der Waals surface area contributed by atoms with Gasteiger partial charge in [0.05, 0.1) is 26.9 Å². The standard InChI is InChI=1S/C25H17Cl2N3O2S/c26-19-3-1-2-4-22(19)32-17-8-5-15(6-9-17)24-29-20-11-7-16(13-21(20)30-24)25(31)28-14-18-10-12-23(27)33-18/h1-13H,14H2,(H,28,31)(H,29,30). The molecule has 2 heterocycles. The predicted octanol–water partition coefficient (Wildman–Crippen LogP) is 7.32. The number of aromatic amines is 1. The van der Waals surface area contributed by atoms with Gasteiger partial charge in [-0.25, -0.2) is 4.98 Å². The average Bonchev–Trinajstić information content (AvgIpc) is 3.45. The van der Waals surface area contributed by atoms with Gasteiger partial charge in [-0.1, -0.05) is 35.3 Å². The van der Waals surface area contributed by atoms with Crippen molar-refractivity contribution in [3.05, 3.63) is 98.7 Å². The van der Waals surface area contributed by atoms with Gasteiger partial charge in [-0.15, -0.1) is 11.3 Å². The lowest BCUT2D eigenvalue weighted by Gasteiger charge is -2.07. The van der Waals surface area contributed by atoms with Crippen molar-refractivity contribution in [2.24, 2.45) is 0 Å². The number of amides is 1. The molecule has 0 saturated carbocycles. The van der Waals surface area contributed by atoms with Crippen LogP contribution in [0.2, 0.25) is 9.36 Å². The van der Waals surface area contributed by atoms with Gasteiger partial charge in [0.1, 0.15) is 17.3 Å². The smallest absolute Gasteiger partial charge is 0.251 e. The number of fused-ring (bicyclic) bond motifs is 1. The molecule has 0 bridgehead atoms. The van der Waals surface area contributed by atoms with E-state index in [1.54, 1.807) is 18.2 Å². The Morgan fingerprint density at radius 2 is 1.82 bits per heavy atom. The molecule has 0 fully saturated rings. The summed E-state index contributed by atoms with van der Waals surface area (Å²) in [4.78, 5) is 21.5. The molecule has 0 aliphatic rings. The van der Waals surface area contributed by atoms with E-state index in [9.17, 15) is 4.79 Å². The number of ether oxygens (including phenoxy) is 1. The molecule has 5 rings (SSSR count). The van der Waals surface area contributed by atoms with Crippen molar-refractivity contribution < 1.29 is 9.53 Å². The third-order valence-electron chi connectivity index (χ3n) is 4.99. The lowest BCUT2D eigenvalue weighted by Crippen LogP contribution is -2.22. The number of thiophene rings is 1. The summed E-state index contributed by atoms with van der Waals surface area (Å²) in [6.45, 7) is 0.436. The van der Waals surface area contributed by atoms with Crippen molar-refractivity contribution in [3.63, 3.8) is 0 Å². The van der Waals surface area contributed by atoms with E-state index in [0.717, 1.165) is 21.5 Å². The van der Waals surface area contributed by atoms with Crippen LogP contribution in [0.25, 0.3) is 22.4 Å². The van der Waals surface area contributed by atoms with Gasteiger partial charge in [0.15, 0.2) is 0 Å². The maximum atomic E-state index is 12.6. The molecule has 0 saturated heterocycles. The van der Waals surface area contributed by atoms with Crippen LogP contribution in [-0.2, 0) is 6.54 Å². The van der Waals surface area contributed by atoms with Crippen molar-refractivity contribution in [1.29, 1.82) is 0 Å². The fraction of sp³-hybridized carbons (Fsp3) is 0.0400. The van der Waals surface area contributed by atoms with Crippen molar-refractivity contribution in [3.8, 4) is 22.9 Å². The van der Waals surface area contributed by atoms with Crippen molar-refractivity contribution in [2.75, 3.05) is 0 Å². The second-order valence-corrected chi connectivity index (χ2v) is 9.47. The molecular formula is C25H17Cl2N3O2S. The second-order valence-electron chi connectivity index (χ2n) is 7.26. The van der Waals surface area contributed by atoms with Crippen LogP contribution in [0, 0.1) is 0 Å². The Bertz CT molecular complexity index is 1440. The quantitative estimate of drug-likeness (QED) is 0.260. The Morgan fingerprint density at radius 1 is 1.00 bits per heavy atom. The summed E-state index contributed by atoms with van der Waals surface area (Å²) in [6, 6.07) is 24.0. The van der Waals surface area contributed by atoms with Crippen molar-refractivity contribution in [1.82, 2.24) is 15.3 Å². The molecule has 2 aromatic heterocycles. The van der Waals surface area contributed by atoms with Crippen LogP contribution in [0.4, 0.5) is 0 Å². The van der Waals surface area contributed by atoms with Gasteiger partial charge < -0.3 is 15.0 Å². The number of hydrogen-bond acceptors (Lipinski definition) is 4. The summed E-state index contributed by atoms with van der Waals surface area (Å²) < 4.78 is 6.55. The first kappa shape index (κ1) is 21.5. The number of carbonyl (C=O) groups is 1. The molecule has 0 unspecified atom stereocenters. The molecule has 2 N–H and O–H groups in total. The van der Waals surface area contributed by atoms with E-state index in [2.05, 4.69) is 15.3 Å². The van der Waals surface area contributed by atoms with E-state index in [4.69, 9.17) is 27.9 Å². The molecule has 1 amide bonds. The first-order chi connectivity index (χ1) is 16.0. The van der Waals surface area contributed by atoms with Gasteiger partial charge in [0.25, 0.3) is 5.91 Å². The number of aromatic nitrogens is 2. The number of H-pyrrole nitrogens is 1. The number of nitrogens with zero attached hydrogens (tertiary/aromatic N) is 1. The molecule has 0 aliphatic heterocycles. The number of hydrogen-bond donors (Lipinski definition) is 2. The maximum absolute atomic E-state index is 12.6. The van der Waals surface area contributed by atoms with Gasteiger partial charge in [0.2, 0.25) is 0 Å². The highest BCUT2D eigenvalue weighted by Gasteiger charge is 2.11. The summed E-state index contributed by atoms with van der Waals surface area (Å²) in [6.07, 6.45) is 0. The maximum Gasteiger partial charge on any atom is 0.251 e. The van der Waals surface area contributed by atoms with Crippen molar-refractivity contribution in [2.45, 2.75) is 6.54 Å². The molecule has 164 valence electrons. The Labute approximate surface area is 204 Å².